The fourth-order valence-corrected chi connectivity index (χ4v) is 1.09. The third-order valence-corrected chi connectivity index (χ3v) is 1.54. The Morgan fingerprint density at radius 2 is 2.17 bits per heavy atom. The highest BCUT2D eigenvalue weighted by atomic mass is 32.1. The number of aryl methyl sites for hydroxylation is 1. The minimum Gasteiger partial charge on any atom is -0.493 e. The molecular formula is C7H10N2O2S. The maximum absolute atomic E-state index is 9.03. The summed E-state index contributed by atoms with van der Waals surface area (Å²) in [7, 11) is 0. The lowest BCUT2D eigenvalue weighted by molar-refractivity contribution is 0.288. The zero-order valence-electron chi connectivity index (χ0n) is 6.43. The summed E-state index contributed by atoms with van der Waals surface area (Å²) < 4.78 is 0. The molecule has 0 aromatic carbocycles. The molecule has 4 nitrogen and oxygen atoms in total. The first kappa shape index (κ1) is 9.28. The molecule has 0 saturated carbocycles. The van der Waals surface area contributed by atoms with E-state index in [2.05, 4.69) is 22.6 Å². The molecule has 0 bridgehead atoms. The molecule has 1 aromatic heterocycles. The van der Waals surface area contributed by atoms with Crippen molar-refractivity contribution in [1.29, 1.82) is 0 Å². The molecule has 1 aromatic rings. The molecule has 1 heterocycles. The summed E-state index contributed by atoms with van der Waals surface area (Å²) in [5.41, 5.74) is 0.696. The molecule has 0 atom stereocenters. The summed E-state index contributed by atoms with van der Waals surface area (Å²) in [6.07, 6.45) is 1.25. The average molecular weight is 186 g/mol. The molecule has 66 valence electrons. The van der Waals surface area contributed by atoms with Crippen molar-refractivity contribution in [3.63, 3.8) is 0 Å². The van der Waals surface area contributed by atoms with E-state index in [1.165, 1.54) is 6.07 Å². The minimum atomic E-state index is -0.0806. The number of nitrogens with zero attached hydrogens (tertiary/aromatic N) is 2. The Kier molecular flexibility index (Phi) is 3.31. The molecule has 0 unspecified atom stereocenters. The number of hydrogen-bond donors (Lipinski definition) is 3. The van der Waals surface area contributed by atoms with Crippen LogP contribution in [0.4, 0.5) is 0 Å². The van der Waals surface area contributed by atoms with Gasteiger partial charge in [0.2, 0.25) is 5.88 Å². The van der Waals surface area contributed by atoms with Crippen molar-refractivity contribution >= 4 is 12.6 Å². The van der Waals surface area contributed by atoms with E-state index < -0.39 is 0 Å². The van der Waals surface area contributed by atoms with Gasteiger partial charge in [-0.3, -0.25) is 0 Å². The van der Waals surface area contributed by atoms with Gasteiger partial charge >= 0.3 is 0 Å². The van der Waals surface area contributed by atoms with Gasteiger partial charge in [-0.25, -0.2) is 4.98 Å². The van der Waals surface area contributed by atoms with Crippen molar-refractivity contribution in [2.75, 3.05) is 6.61 Å². The molecule has 0 radical (unpaired) electrons. The molecule has 0 fully saturated rings. The molecule has 1 rings (SSSR count). The van der Waals surface area contributed by atoms with Gasteiger partial charge < -0.3 is 10.2 Å². The Hall–Kier alpha value is -0.810. The van der Waals surface area contributed by atoms with Gasteiger partial charge in [-0.15, -0.1) is 12.6 Å². The van der Waals surface area contributed by atoms with Gasteiger partial charge in [0.25, 0.3) is 0 Å². The predicted molar refractivity (Wildman–Crippen MR) is 46.4 cm³/mol. The fourth-order valence-electron chi connectivity index (χ4n) is 0.858. The van der Waals surface area contributed by atoms with E-state index in [-0.39, 0.29) is 17.6 Å². The third-order valence-electron chi connectivity index (χ3n) is 1.34. The second-order valence-corrected chi connectivity index (χ2v) is 2.74. The van der Waals surface area contributed by atoms with Gasteiger partial charge in [-0.05, 0) is 12.8 Å². The van der Waals surface area contributed by atoms with Crippen LogP contribution >= 0.6 is 12.6 Å². The Morgan fingerprint density at radius 1 is 1.42 bits per heavy atom. The summed E-state index contributed by atoms with van der Waals surface area (Å²) in [6.45, 7) is 0.118. The van der Waals surface area contributed by atoms with Crippen LogP contribution in [0.1, 0.15) is 12.1 Å². The Balaban J connectivity index is 2.72. The van der Waals surface area contributed by atoms with Gasteiger partial charge in [-0.1, -0.05) is 0 Å². The largest absolute Gasteiger partial charge is 0.493 e. The average Bonchev–Trinajstić information content (AvgIpc) is 1.99. The second-order valence-electron chi connectivity index (χ2n) is 2.34. The molecule has 0 aliphatic carbocycles. The van der Waals surface area contributed by atoms with Crippen molar-refractivity contribution in [2.45, 2.75) is 18.0 Å². The summed E-state index contributed by atoms with van der Waals surface area (Å²) in [5.74, 6) is -0.0806. The molecule has 2 N–H and O–H groups in total. The quantitative estimate of drug-likeness (QED) is 0.472. The standard InChI is InChI=1S/C7H10N2O2S/c10-3-1-2-5-4-6(11)9-7(12)8-5/h4,10H,1-3H2,(H2,8,9,11,12). The van der Waals surface area contributed by atoms with E-state index in [0.717, 1.165) is 0 Å². The first-order valence-electron chi connectivity index (χ1n) is 3.59. The van der Waals surface area contributed by atoms with Crippen molar-refractivity contribution < 1.29 is 10.2 Å². The number of aromatic hydroxyl groups is 1. The smallest absolute Gasteiger partial charge is 0.215 e. The highest BCUT2D eigenvalue weighted by Crippen LogP contribution is 2.10. The highest BCUT2D eigenvalue weighted by molar-refractivity contribution is 7.80. The second kappa shape index (κ2) is 4.27. The Bertz CT molecular complexity index is 247. The van der Waals surface area contributed by atoms with Crippen LogP contribution < -0.4 is 0 Å². The molecule has 0 saturated heterocycles. The highest BCUT2D eigenvalue weighted by Gasteiger charge is 1.99. The van der Waals surface area contributed by atoms with Gasteiger partial charge in [0, 0.05) is 18.4 Å². The van der Waals surface area contributed by atoms with E-state index >= 15 is 0 Å². The summed E-state index contributed by atoms with van der Waals surface area (Å²) in [4.78, 5) is 7.54. The summed E-state index contributed by atoms with van der Waals surface area (Å²) >= 11 is 3.90. The van der Waals surface area contributed by atoms with Crippen LogP contribution in [0.15, 0.2) is 11.2 Å². The first-order valence-corrected chi connectivity index (χ1v) is 4.04. The van der Waals surface area contributed by atoms with Crippen LogP contribution in [0.3, 0.4) is 0 Å². The monoisotopic (exact) mass is 186 g/mol. The molecular weight excluding hydrogens is 176 g/mol. The Morgan fingerprint density at radius 3 is 2.75 bits per heavy atom. The zero-order valence-corrected chi connectivity index (χ0v) is 7.33. The Labute approximate surface area is 75.7 Å². The summed E-state index contributed by atoms with van der Waals surface area (Å²) in [5, 5.41) is 17.8. The van der Waals surface area contributed by atoms with Crippen molar-refractivity contribution in [2.24, 2.45) is 0 Å². The van der Waals surface area contributed by atoms with E-state index in [0.29, 0.717) is 18.5 Å². The molecule has 12 heavy (non-hydrogen) atoms. The van der Waals surface area contributed by atoms with Crippen LogP contribution in [-0.4, -0.2) is 26.8 Å². The lowest BCUT2D eigenvalue weighted by atomic mass is 10.2. The minimum absolute atomic E-state index is 0.0806. The number of thiol groups is 1. The molecule has 5 heteroatoms. The van der Waals surface area contributed by atoms with Crippen molar-refractivity contribution in [1.82, 2.24) is 9.97 Å². The van der Waals surface area contributed by atoms with Crippen molar-refractivity contribution in [3.8, 4) is 5.88 Å². The van der Waals surface area contributed by atoms with Crippen LogP contribution in [-0.2, 0) is 6.42 Å². The van der Waals surface area contributed by atoms with Gasteiger partial charge in [0.05, 0.1) is 0 Å². The fraction of sp³-hybridized carbons (Fsp3) is 0.429. The lowest BCUT2D eigenvalue weighted by Gasteiger charge is -1.99. The number of hydrogen-bond acceptors (Lipinski definition) is 5. The first-order chi connectivity index (χ1) is 5.72. The SMILES string of the molecule is OCCCc1cc(O)nc(S)n1. The number of rotatable bonds is 3. The van der Waals surface area contributed by atoms with Crippen LogP contribution in [0.2, 0.25) is 0 Å². The molecule has 0 amide bonds. The molecule has 0 aliphatic rings. The van der Waals surface area contributed by atoms with Crippen LogP contribution in [0.5, 0.6) is 5.88 Å². The maximum Gasteiger partial charge on any atom is 0.215 e. The topological polar surface area (TPSA) is 66.2 Å². The number of aromatic nitrogens is 2. The van der Waals surface area contributed by atoms with E-state index in [1.54, 1.807) is 0 Å². The van der Waals surface area contributed by atoms with E-state index in [9.17, 15) is 0 Å². The van der Waals surface area contributed by atoms with E-state index in [4.69, 9.17) is 10.2 Å². The summed E-state index contributed by atoms with van der Waals surface area (Å²) in [6, 6.07) is 1.47. The van der Waals surface area contributed by atoms with Gasteiger partial charge in [0.15, 0.2) is 5.16 Å². The van der Waals surface area contributed by atoms with Gasteiger partial charge in [-0.2, -0.15) is 4.98 Å². The maximum atomic E-state index is 9.03. The molecule has 0 spiro atoms. The predicted octanol–water partition coefficient (Wildman–Crippen LogP) is 0.396. The number of aliphatic hydroxyl groups excluding tert-OH is 1. The normalized spacial score (nSPS) is 10.2. The zero-order chi connectivity index (χ0) is 8.97. The molecule has 0 aliphatic heterocycles. The number of aliphatic hydroxyl groups is 1. The van der Waals surface area contributed by atoms with E-state index in [1.807, 2.05) is 0 Å². The van der Waals surface area contributed by atoms with Gasteiger partial charge in [0.1, 0.15) is 0 Å². The lowest BCUT2D eigenvalue weighted by Crippen LogP contribution is -1.95. The third kappa shape index (κ3) is 2.67. The van der Waals surface area contributed by atoms with Crippen LogP contribution in [0, 0.1) is 0 Å². The van der Waals surface area contributed by atoms with Crippen molar-refractivity contribution in [3.05, 3.63) is 11.8 Å². The van der Waals surface area contributed by atoms with Crippen LogP contribution in [0.25, 0.3) is 0 Å².